The van der Waals surface area contributed by atoms with Gasteiger partial charge in [-0.1, -0.05) is 15.9 Å². The summed E-state index contributed by atoms with van der Waals surface area (Å²) in [6, 6.07) is 1.97. The van der Waals surface area contributed by atoms with Gasteiger partial charge in [-0.05, 0) is 22.0 Å². The fourth-order valence-corrected chi connectivity index (χ4v) is 3.28. The number of hydrogen-bond donors (Lipinski definition) is 0. The standard InChI is InChI=1S/C13H14Br2F2O3/c1-18-2-3-19-13-9(15)6-11(13)20-12-8(14)4-7(16)5-10(12)17/h4-5,9,11,13H,2-3,6H2,1H3. The highest BCUT2D eigenvalue weighted by Gasteiger charge is 2.43. The topological polar surface area (TPSA) is 27.7 Å². The van der Waals surface area contributed by atoms with E-state index in [0.29, 0.717) is 19.6 Å². The fourth-order valence-electron chi connectivity index (χ4n) is 1.91. The third-order valence-electron chi connectivity index (χ3n) is 3.01. The number of rotatable bonds is 6. The lowest BCUT2D eigenvalue weighted by molar-refractivity contribution is -0.0877. The molecule has 1 saturated carbocycles. The molecule has 0 spiro atoms. The van der Waals surface area contributed by atoms with Crippen LogP contribution in [0.1, 0.15) is 6.42 Å². The van der Waals surface area contributed by atoms with Crippen molar-refractivity contribution in [3.05, 3.63) is 28.2 Å². The summed E-state index contributed by atoms with van der Waals surface area (Å²) in [4.78, 5) is 0.159. The van der Waals surface area contributed by atoms with Crippen LogP contribution in [0.2, 0.25) is 0 Å². The molecule has 7 heteroatoms. The Morgan fingerprint density at radius 3 is 2.65 bits per heavy atom. The van der Waals surface area contributed by atoms with Crippen molar-refractivity contribution >= 4 is 31.9 Å². The van der Waals surface area contributed by atoms with Gasteiger partial charge in [0.15, 0.2) is 11.6 Å². The van der Waals surface area contributed by atoms with E-state index in [2.05, 4.69) is 31.9 Å². The van der Waals surface area contributed by atoms with E-state index in [1.165, 1.54) is 6.07 Å². The van der Waals surface area contributed by atoms with Crippen LogP contribution in [-0.4, -0.2) is 37.4 Å². The number of benzene rings is 1. The molecular formula is C13H14Br2F2O3. The quantitative estimate of drug-likeness (QED) is 0.524. The second-order valence-corrected chi connectivity index (χ2v) is 6.47. The molecule has 0 aromatic heterocycles. The fraction of sp³-hybridized carbons (Fsp3) is 0.538. The van der Waals surface area contributed by atoms with Gasteiger partial charge in [0.1, 0.15) is 18.0 Å². The summed E-state index contributed by atoms with van der Waals surface area (Å²) in [7, 11) is 1.59. The number of ether oxygens (including phenoxy) is 3. The average Bonchev–Trinajstić information content (AvgIpc) is 2.37. The molecule has 0 saturated heterocycles. The Labute approximate surface area is 132 Å². The highest BCUT2D eigenvalue weighted by atomic mass is 79.9. The third-order valence-corrected chi connectivity index (χ3v) is 4.49. The smallest absolute Gasteiger partial charge is 0.169 e. The Bertz CT molecular complexity index is 450. The largest absolute Gasteiger partial charge is 0.483 e. The predicted molar refractivity (Wildman–Crippen MR) is 77.4 cm³/mol. The zero-order chi connectivity index (χ0) is 14.7. The summed E-state index contributed by atoms with van der Waals surface area (Å²) < 4.78 is 43.1. The van der Waals surface area contributed by atoms with E-state index >= 15 is 0 Å². The van der Waals surface area contributed by atoms with Crippen LogP contribution in [0.15, 0.2) is 16.6 Å². The van der Waals surface area contributed by atoms with Gasteiger partial charge < -0.3 is 14.2 Å². The van der Waals surface area contributed by atoms with Gasteiger partial charge in [0.25, 0.3) is 0 Å². The van der Waals surface area contributed by atoms with Crippen LogP contribution in [0.25, 0.3) is 0 Å². The summed E-state index contributed by atoms with van der Waals surface area (Å²) >= 11 is 6.57. The van der Waals surface area contributed by atoms with Crippen LogP contribution in [0.5, 0.6) is 5.75 Å². The zero-order valence-electron chi connectivity index (χ0n) is 10.7. The van der Waals surface area contributed by atoms with E-state index in [0.717, 1.165) is 6.07 Å². The van der Waals surface area contributed by atoms with Crippen molar-refractivity contribution < 1.29 is 23.0 Å². The van der Waals surface area contributed by atoms with Crippen molar-refractivity contribution in [3.8, 4) is 5.75 Å². The van der Waals surface area contributed by atoms with Crippen molar-refractivity contribution in [2.24, 2.45) is 0 Å². The van der Waals surface area contributed by atoms with Crippen LogP contribution >= 0.6 is 31.9 Å². The molecule has 0 aliphatic heterocycles. The lowest BCUT2D eigenvalue weighted by Crippen LogP contribution is -2.52. The molecule has 0 bridgehead atoms. The summed E-state index contributed by atoms with van der Waals surface area (Å²) in [5, 5.41) is 0. The summed E-state index contributed by atoms with van der Waals surface area (Å²) in [5.74, 6) is -1.37. The van der Waals surface area contributed by atoms with Crippen molar-refractivity contribution in [3.63, 3.8) is 0 Å². The summed E-state index contributed by atoms with van der Waals surface area (Å²) in [6.07, 6.45) is 0.245. The highest BCUT2D eigenvalue weighted by Crippen LogP contribution is 2.37. The molecule has 1 aromatic carbocycles. The maximum Gasteiger partial charge on any atom is 0.169 e. The molecule has 2 rings (SSSR count). The molecule has 3 unspecified atom stereocenters. The van der Waals surface area contributed by atoms with Crippen molar-refractivity contribution in [2.45, 2.75) is 23.5 Å². The first-order valence-electron chi connectivity index (χ1n) is 6.08. The number of methoxy groups -OCH3 is 1. The summed E-state index contributed by atoms with van der Waals surface area (Å²) in [5.41, 5.74) is 0. The van der Waals surface area contributed by atoms with E-state index in [1.54, 1.807) is 7.11 Å². The minimum atomic E-state index is -0.731. The van der Waals surface area contributed by atoms with Gasteiger partial charge in [-0.2, -0.15) is 0 Å². The Morgan fingerprint density at radius 1 is 1.30 bits per heavy atom. The maximum atomic E-state index is 13.7. The molecule has 1 aliphatic rings. The predicted octanol–water partition coefficient (Wildman–Crippen LogP) is 3.67. The van der Waals surface area contributed by atoms with Crippen LogP contribution in [0.3, 0.4) is 0 Å². The second kappa shape index (κ2) is 7.15. The maximum absolute atomic E-state index is 13.7. The molecule has 1 aromatic rings. The first-order chi connectivity index (χ1) is 9.52. The normalized spacial score (nSPS) is 25.4. The van der Waals surface area contributed by atoms with Gasteiger partial charge >= 0.3 is 0 Å². The Balaban J connectivity index is 1.99. The van der Waals surface area contributed by atoms with Gasteiger partial charge in [-0.15, -0.1) is 0 Å². The molecule has 0 radical (unpaired) electrons. The molecule has 0 heterocycles. The minimum absolute atomic E-state index is 0.0103. The van der Waals surface area contributed by atoms with Crippen LogP contribution in [-0.2, 0) is 9.47 Å². The molecule has 1 aliphatic carbocycles. The first-order valence-corrected chi connectivity index (χ1v) is 7.79. The second-order valence-electron chi connectivity index (χ2n) is 4.43. The van der Waals surface area contributed by atoms with Crippen molar-refractivity contribution in [1.82, 2.24) is 0 Å². The van der Waals surface area contributed by atoms with Crippen LogP contribution in [0, 0.1) is 11.6 Å². The minimum Gasteiger partial charge on any atom is -0.483 e. The van der Waals surface area contributed by atoms with Gasteiger partial charge in [0.2, 0.25) is 0 Å². The van der Waals surface area contributed by atoms with Crippen molar-refractivity contribution in [2.75, 3.05) is 20.3 Å². The third kappa shape index (κ3) is 3.69. The average molecular weight is 416 g/mol. The molecular weight excluding hydrogens is 402 g/mol. The zero-order valence-corrected chi connectivity index (χ0v) is 13.9. The van der Waals surface area contributed by atoms with E-state index in [-0.39, 0.29) is 27.3 Å². The van der Waals surface area contributed by atoms with E-state index < -0.39 is 11.6 Å². The Kier molecular flexibility index (Phi) is 5.77. The molecule has 0 N–H and O–H groups in total. The van der Waals surface area contributed by atoms with E-state index in [1.807, 2.05) is 0 Å². The van der Waals surface area contributed by atoms with Gasteiger partial charge in [0.05, 0.1) is 17.7 Å². The molecule has 20 heavy (non-hydrogen) atoms. The number of halogens is 4. The van der Waals surface area contributed by atoms with Crippen LogP contribution in [0.4, 0.5) is 8.78 Å². The molecule has 112 valence electrons. The molecule has 0 amide bonds. The van der Waals surface area contributed by atoms with E-state index in [9.17, 15) is 8.78 Å². The van der Waals surface area contributed by atoms with Gasteiger partial charge in [-0.25, -0.2) is 8.78 Å². The Hall–Kier alpha value is -0.240. The monoisotopic (exact) mass is 414 g/mol. The molecule has 3 nitrogen and oxygen atoms in total. The molecule has 1 fully saturated rings. The number of alkyl halides is 1. The number of hydrogen-bond acceptors (Lipinski definition) is 3. The van der Waals surface area contributed by atoms with Gasteiger partial charge in [-0.3, -0.25) is 0 Å². The van der Waals surface area contributed by atoms with Crippen LogP contribution < -0.4 is 4.74 Å². The highest BCUT2D eigenvalue weighted by molar-refractivity contribution is 9.10. The van der Waals surface area contributed by atoms with Crippen molar-refractivity contribution in [1.29, 1.82) is 0 Å². The van der Waals surface area contributed by atoms with Gasteiger partial charge in [0, 0.05) is 24.4 Å². The first kappa shape index (κ1) is 16.1. The summed E-state index contributed by atoms with van der Waals surface area (Å²) in [6.45, 7) is 0.924. The van der Waals surface area contributed by atoms with E-state index in [4.69, 9.17) is 14.2 Å². The SMILES string of the molecule is COCCOC1C(Br)CC1Oc1c(F)cc(F)cc1Br. The molecule has 3 atom stereocenters. The lowest BCUT2D eigenvalue weighted by atomic mass is 9.91. The Morgan fingerprint density at radius 2 is 2.05 bits per heavy atom. The lowest BCUT2D eigenvalue weighted by Gasteiger charge is -2.41.